The lowest BCUT2D eigenvalue weighted by Gasteiger charge is -2.39. The molecular formula is C32H47NO5. The first-order chi connectivity index (χ1) is 17.6. The van der Waals surface area contributed by atoms with Gasteiger partial charge in [-0.3, -0.25) is 4.79 Å². The van der Waals surface area contributed by atoms with Crippen molar-refractivity contribution in [1.29, 1.82) is 0 Å². The summed E-state index contributed by atoms with van der Waals surface area (Å²) in [4.78, 5) is 25.6. The fraction of sp³-hybridized carbons (Fsp3) is 0.562. The number of carboxylic acids is 1. The van der Waals surface area contributed by atoms with E-state index in [0.29, 0.717) is 12.0 Å². The number of rotatable bonds is 11. The molecule has 6 heteroatoms. The molecule has 0 aliphatic carbocycles. The topological polar surface area (TPSA) is 87.1 Å². The van der Waals surface area contributed by atoms with Crippen molar-refractivity contribution < 1.29 is 24.5 Å². The van der Waals surface area contributed by atoms with Gasteiger partial charge in [0.1, 0.15) is 24.0 Å². The van der Waals surface area contributed by atoms with Gasteiger partial charge in [0.25, 0.3) is 5.91 Å². The number of carbonyl (C=O) groups excluding carboxylic acids is 1. The molecule has 0 bridgehead atoms. The SMILES string of the molecule is CCC(CC)(c1ccc(OCC(O)(CC)C(C)(C)C)c(C)c1)c1ccc(C(=O)N(C)C(C)C(=O)O)c(C)c1. The summed E-state index contributed by atoms with van der Waals surface area (Å²) >= 11 is 0. The molecule has 38 heavy (non-hydrogen) atoms. The van der Waals surface area contributed by atoms with Crippen molar-refractivity contribution in [1.82, 2.24) is 4.90 Å². The lowest BCUT2D eigenvalue weighted by atomic mass is 9.70. The largest absolute Gasteiger partial charge is 0.490 e. The molecule has 2 rings (SSSR count). The fourth-order valence-electron chi connectivity index (χ4n) is 5.12. The van der Waals surface area contributed by atoms with E-state index in [4.69, 9.17) is 4.74 Å². The highest BCUT2D eigenvalue weighted by atomic mass is 16.5. The van der Waals surface area contributed by atoms with E-state index < -0.39 is 17.6 Å². The first-order valence-corrected chi connectivity index (χ1v) is 13.7. The molecule has 0 aromatic heterocycles. The van der Waals surface area contributed by atoms with Crippen LogP contribution in [0.5, 0.6) is 5.75 Å². The highest BCUT2D eigenvalue weighted by Crippen LogP contribution is 2.41. The Kier molecular flexibility index (Phi) is 9.82. The van der Waals surface area contributed by atoms with Crippen LogP contribution in [-0.2, 0) is 10.2 Å². The van der Waals surface area contributed by atoms with Crippen LogP contribution in [0.3, 0.4) is 0 Å². The van der Waals surface area contributed by atoms with Crippen molar-refractivity contribution in [2.45, 2.75) is 98.6 Å². The van der Waals surface area contributed by atoms with E-state index in [9.17, 15) is 19.8 Å². The number of hydrogen-bond acceptors (Lipinski definition) is 4. The minimum absolute atomic E-state index is 0.226. The Hall–Kier alpha value is -2.86. The zero-order valence-corrected chi connectivity index (χ0v) is 24.9. The van der Waals surface area contributed by atoms with Crippen molar-refractivity contribution in [2.75, 3.05) is 13.7 Å². The average Bonchev–Trinajstić information content (AvgIpc) is 2.87. The monoisotopic (exact) mass is 525 g/mol. The Morgan fingerprint density at radius 1 is 0.921 bits per heavy atom. The molecule has 0 fully saturated rings. The summed E-state index contributed by atoms with van der Waals surface area (Å²) in [5, 5.41) is 20.4. The van der Waals surface area contributed by atoms with E-state index >= 15 is 0 Å². The Morgan fingerprint density at radius 2 is 1.45 bits per heavy atom. The van der Waals surface area contributed by atoms with Gasteiger partial charge in [-0.1, -0.05) is 65.8 Å². The summed E-state index contributed by atoms with van der Waals surface area (Å²) in [5.41, 5.74) is 3.13. The van der Waals surface area contributed by atoms with Crippen LogP contribution in [0.4, 0.5) is 0 Å². The van der Waals surface area contributed by atoms with Gasteiger partial charge in [-0.15, -0.1) is 0 Å². The highest BCUT2D eigenvalue weighted by Gasteiger charge is 2.39. The smallest absolute Gasteiger partial charge is 0.326 e. The zero-order chi connectivity index (χ0) is 29.1. The summed E-state index contributed by atoms with van der Waals surface area (Å²) < 4.78 is 6.15. The van der Waals surface area contributed by atoms with Crippen LogP contribution in [-0.4, -0.2) is 52.3 Å². The number of carbonyl (C=O) groups is 2. The molecule has 210 valence electrons. The van der Waals surface area contributed by atoms with Gasteiger partial charge in [0.05, 0.1) is 0 Å². The van der Waals surface area contributed by atoms with E-state index in [0.717, 1.165) is 35.3 Å². The summed E-state index contributed by atoms with van der Waals surface area (Å²) in [6.45, 7) is 18.1. The van der Waals surface area contributed by atoms with E-state index in [1.54, 1.807) is 0 Å². The Bertz CT molecular complexity index is 1150. The summed E-state index contributed by atoms with van der Waals surface area (Å²) in [6, 6.07) is 11.2. The van der Waals surface area contributed by atoms with Crippen LogP contribution in [0.1, 0.15) is 100 Å². The Morgan fingerprint density at radius 3 is 1.87 bits per heavy atom. The molecule has 1 amide bonds. The van der Waals surface area contributed by atoms with E-state index in [1.807, 2.05) is 59.7 Å². The maximum Gasteiger partial charge on any atom is 0.326 e. The molecule has 0 saturated heterocycles. The molecular weight excluding hydrogens is 478 g/mol. The summed E-state index contributed by atoms with van der Waals surface area (Å²) in [6.07, 6.45) is 2.34. The van der Waals surface area contributed by atoms with Crippen molar-refractivity contribution in [2.24, 2.45) is 5.41 Å². The van der Waals surface area contributed by atoms with Gasteiger partial charge >= 0.3 is 5.97 Å². The van der Waals surface area contributed by atoms with Gasteiger partial charge in [-0.2, -0.15) is 0 Å². The number of carboxylic acid groups (broad SMARTS) is 1. The lowest BCUT2D eigenvalue weighted by Crippen LogP contribution is -2.47. The number of aryl methyl sites for hydroxylation is 2. The fourth-order valence-corrected chi connectivity index (χ4v) is 5.12. The normalized spacial score (nSPS) is 14.5. The van der Waals surface area contributed by atoms with Gasteiger partial charge in [0.15, 0.2) is 0 Å². The van der Waals surface area contributed by atoms with Crippen LogP contribution < -0.4 is 4.74 Å². The van der Waals surface area contributed by atoms with E-state index in [-0.39, 0.29) is 23.3 Å². The number of ether oxygens (including phenoxy) is 1. The minimum atomic E-state index is -1.04. The highest BCUT2D eigenvalue weighted by molar-refractivity contribution is 5.97. The second kappa shape index (κ2) is 11.9. The second-order valence-electron chi connectivity index (χ2n) is 11.7. The van der Waals surface area contributed by atoms with Crippen molar-refractivity contribution in [3.63, 3.8) is 0 Å². The predicted octanol–water partition coefficient (Wildman–Crippen LogP) is 6.52. The number of benzene rings is 2. The molecule has 2 N–H and O–H groups in total. The molecule has 2 aromatic rings. The van der Waals surface area contributed by atoms with Gasteiger partial charge in [-0.25, -0.2) is 4.79 Å². The molecule has 0 spiro atoms. The van der Waals surface area contributed by atoms with Gasteiger partial charge in [-0.05, 0) is 79.8 Å². The molecule has 0 aliphatic heterocycles. The predicted molar refractivity (Wildman–Crippen MR) is 153 cm³/mol. The van der Waals surface area contributed by atoms with Gasteiger partial charge in [0.2, 0.25) is 0 Å². The van der Waals surface area contributed by atoms with Crippen LogP contribution in [0, 0.1) is 19.3 Å². The summed E-state index contributed by atoms with van der Waals surface area (Å²) in [5.74, 6) is -0.576. The summed E-state index contributed by atoms with van der Waals surface area (Å²) in [7, 11) is 1.52. The first kappa shape index (κ1) is 31.4. The molecule has 0 heterocycles. The number of hydrogen-bond donors (Lipinski definition) is 2. The maximum absolute atomic E-state index is 13.0. The lowest BCUT2D eigenvalue weighted by molar-refractivity contribution is -0.141. The average molecular weight is 526 g/mol. The molecule has 6 nitrogen and oxygen atoms in total. The number of likely N-dealkylation sites (N-methyl/N-ethyl adjacent to an activating group) is 1. The molecule has 2 atom stereocenters. The quantitative estimate of drug-likeness (QED) is 0.349. The van der Waals surface area contributed by atoms with Crippen molar-refractivity contribution >= 4 is 11.9 Å². The minimum Gasteiger partial charge on any atom is -0.490 e. The third-order valence-corrected chi connectivity index (χ3v) is 8.65. The zero-order valence-electron chi connectivity index (χ0n) is 24.9. The first-order valence-electron chi connectivity index (χ1n) is 13.7. The number of aliphatic carboxylic acids is 1. The standard InChI is InChI=1S/C32H47NO5/c1-11-31(12-2,24-14-16-26(21(4)18-24)28(34)33(10)23(6)29(35)36)25-15-17-27(22(5)19-25)38-20-32(37,13-3)30(7,8)9/h14-19,23,37H,11-13,20H2,1-10H3,(H,35,36). The van der Waals surface area contributed by atoms with Gasteiger partial charge < -0.3 is 19.8 Å². The third kappa shape index (κ3) is 6.06. The second-order valence-corrected chi connectivity index (χ2v) is 11.7. The maximum atomic E-state index is 13.0. The van der Waals surface area contributed by atoms with Crippen LogP contribution in [0.25, 0.3) is 0 Å². The van der Waals surface area contributed by atoms with E-state index in [2.05, 4.69) is 32.0 Å². The van der Waals surface area contributed by atoms with E-state index in [1.165, 1.54) is 24.4 Å². The van der Waals surface area contributed by atoms with Gasteiger partial charge in [0, 0.05) is 18.0 Å². The van der Waals surface area contributed by atoms with Crippen LogP contribution >= 0.6 is 0 Å². The Labute approximate surface area is 229 Å². The molecule has 0 saturated carbocycles. The molecule has 0 aliphatic rings. The van der Waals surface area contributed by atoms with Crippen molar-refractivity contribution in [3.05, 3.63) is 64.2 Å². The molecule has 2 aromatic carbocycles. The van der Waals surface area contributed by atoms with Crippen molar-refractivity contribution in [3.8, 4) is 5.75 Å². The molecule has 0 radical (unpaired) electrons. The number of nitrogens with zero attached hydrogens (tertiary/aromatic N) is 1. The number of amides is 1. The van der Waals surface area contributed by atoms with Crippen LogP contribution in [0.15, 0.2) is 36.4 Å². The molecule has 2 unspecified atom stereocenters. The number of aliphatic hydroxyl groups is 1. The van der Waals surface area contributed by atoms with Crippen LogP contribution in [0.2, 0.25) is 0 Å². The third-order valence-electron chi connectivity index (χ3n) is 8.65. The Balaban J connectivity index is 2.42.